The molecule has 1 heterocycles. The standard InChI is InChI=1S/C13H16ClN3OS/c1-16-5-2-6-17(8-12(16)18)11-4-3-9(14)7-10(11)13(15)19/h3-4,7H,2,5-6,8H2,1H3,(H2,15,19). The van der Waals surface area contributed by atoms with Gasteiger partial charge in [-0.25, -0.2) is 0 Å². The van der Waals surface area contributed by atoms with E-state index >= 15 is 0 Å². The minimum absolute atomic E-state index is 0.0985. The third-order valence-electron chi connectivity index (χ3n) is 3.24. The Morgan fingerprint density at radius 1 is 1.42 bits per heavy atom. The maximum Gasteiger partial charge on any atom is 0.241 e. The molecule has 19 heavy (non-hydrogen) atoms. The molecule has 2 rings (SSSR count). The van der Waals surface area contributed by atoms with E-state index in [-0.39, 0.29) is 5.91 Å². The first-order chi connectivity index (χ1) is 8.99. The van der Waals surface area contributed by atoms with E-state index in [9.17, 15) is 4.79 Å². The largest absolute Gasteiger partial charge is 0.389 e. The fourth-order valence-electron chi connectivity index (χ4n) is 2.17. The summed E-state index contributed by atoms with van der Waals surface area (Å²) < 4.78 is 0. The second kappa shape index (κ2) is 5.75. The SMILES string of the molecule is CN1CCCN(c2ccc(Cl)cc2C(N)=S)CC1=O. The van der Waals surface area contributed by atoms with E-state index in [1.54, 1.807) is 17.0 Å². The lowest BCUT2D eigenvalue weighted by Gasteiger charge is -2.24. The number of rotatable bonds is 2. The van der Waals surface area contributed by atoms with Gasteiger partial charge in [-0.15, -0.1) is 0 Å². The van der Waals surface area contributed by atoms with Crippen LogP contribution in [0.1, 0.15) is 12.0 Å². The van der Waals surface area contributed by atoms with Crippen LogP contribution in [0.4, 0.5) is 5.69 Å². The smallest absolute Gasteiger partial charge is 0.241 e. The van der Waals surface area contributed by atoms with E-state index in [1.165, 1.54) is 0 Å². The molecular weight excluding hydrogens is 282 g/mol. The highest BCUT2D eigenvalue weighted by Crippen LogP contribution is 2.25. The normalized spacial score (nSPS) is 16.4. The number of hydrogen-bond donors (Lipinski definition) is 1. The third-order valence-corrected chi connectivity index (χ3v) is 3.69. The van der Waals surface area contributed by atoms with Gasteiger partial charge >= 0.3 is 0 Å². The van der Waals surface area contributed by atoms with Gasteiger partial charge in [-0.3, -0.25) is 4.79 Å². The lowest BCUT2D eigenvalue weighted by molar-refractivity contribution is -0.127. The Morgan fingerprint density at radius 2 is 2.16 bits per heavy atom. The molecule has 0 unspecified atom stereocenters. The molecule has 6 heteroatoms. The van der Waals surface area contributed by atoms with Crippen molar-refractivity contribution in [3.63, 3.8) is 0 Å². The summed E-state index contributed by atoms with van der Waals surface area (Å²) >= 11 is 11.0. The van der Waals surface area contributed by atoms with Gasteiger partial charge < -0.3 is 15.5 Å². The van der Waals surface area contributed by atoms with Gasteiger partial charge in [0.1, 0.15) is 4.99 Å². The number of likely N-dealkylation sites (N-methyl/N-ethyl adjacent to an activating group) is 1. The van der Waals surface area contributed by atoms with E-state index < -0.39 is 0 Å². The van der Waals surface area contributed by atoms with Crippen LogP contribution in [0.3, 0.4) is 0 Å². The van der Waals surface area contributed by atoms with Crippen LogP contribution in [-0.2, 0) is 4.79 Å². The molecule has 0 aliphatic carbocycles. The summed E-state index contributed by atoms with van der Waals surface area (Å²) in [6.07, 6.45) is 0.918. The molecule has 0 radical (unpaired) electrons. The molecule has 1 aliphatic heterocycles. The first-order valence-corrected chi connectivity index (χ1v) is 6.86. The molecule has 0 spiro atoms. The van der Waals surface area contributed by atoms with Crippen molar-refractivity contribution in [2.75, 3.05) is 31.6 Å². The molecule has 0 atom stereocenters. The van der Waals surface area contributed by atoms with Gasteiger partial charge in [-0.2, -0.15) is 0 Å². The highest BCUT2D eigenvalue weighted by Gasteiger charge is 2.21. The quantitative estimate of drug-likeness (QED) is 0.843. The van der Waals surface area contributed by atoms with E-state index in [2.05, 4.69) is 0 Å². The Hall–Kier alpha value is -1.33. The molecule has 2 N–H and O–H groups in total. The molecule has 1 aromatic rings. The number of carbonyl (C=O) groups is 1. The number of nitrogens with zero attached hydrogens (tertiary/aromatic N) is 2. The van der Waals surface area contributed by atoms with Crippen LogP contribution in [0.15, 0.2) is 18.2 Å². The first-order valence-electron chi connectivity index (χ1n) is 6.07. The van der Waals surface area contributed by atoms with Crippen LogP contribution in [0.25, 0.3) is 0 Å². The lowest BCUT2D eigenvalue weighted by Crippen LogP contribution is -2.35. The van der Waals surface area contributed by atoms with Crippen LogP contribution in [0.5, 0.6) is 0 Å². The Kier molecular flexibility index (Phi) is 4.27. The molecule has 102 valence electrons. The summed E-state index contributed by atoms with van der Waals surface area (Å²) in [5.41, 5.74) is 7.34. The first kappa shape index (κ1) is 14.1. The van der Waals surface area contributed by atoms with Crippen LogP contribution in [-0.4, -0.2) is 42.5 Å². The van der Waals surface area contributed by atoms with E-state index in [0.717, 1.165) is 30.8 Å². The second-order valence-electron chi connectivity index (χ2n) is 4.62. The summed E-state index contributed by atoms with van der Waals surface area (Å²) in [5.74, 6) is 0.0985. The molecule has 0 aromatic heterocycles. The van der Waals surface area contributed by atoms with Crippen LogP contribution in [0.2, 0.25) is 5.02 Å². The molecule has 1 aliphatic rings. The van der Waals surface area contributed by atoms with Crippen molar-refractivity contribution in [3.8, 4) is 0 Å². The predicted molar refractivity (Wildman–Crippen MR) is 81.8 cm³/mol. The number of thiocarbonyl (C=S) groups is 1. The number of hydrogen-bond acceptors (Lipinski definition) is 3. The van der Waals surface area contributed by atoms with Crippen molar-refractivity contribution in [1.82, 2.24) is 4.90 Å². The lowest BCUT2D eigenvalue weighted by atomic mass is 10.1. The van der Waals surface area contributed by atoms with Gasteiger partial charge in [0, 0.05) is 36.4 Å². The Bertz CT molecular complexity index is 521. The number of halogens is 1. The zero-order valence-electron chi connectivity index (χ0n) is 10.7. The molecule has 1 saturated heterocycles. The summed E-state index contributed by atoms with van der Waals surface area (Å²) in [7, 11) is 1.82. The number of amides is 1. The van der Waals surface area contributed by atoms with Crippen molar-refractivity contribution in [1.29, 1.82) is 0 Å². The Labute approximate surface area is 123 Å². The zero-order valence-corrected chi connectivity index (χ0v) is 12.3. The summed E-state index contributed by atoms with van der Waals surface area (Å²) in [4.78, 5) is 16.0. The molecular formula is C13H16ClN3OS. The fourth-order valence-corrected chi connectivity index (χ4v) is 2.51. The van der Waals surface area contributed by atoms with Crippen LogP contribution >= 0.6 is 23.8 Å². The number of nitrogens with two attached hydrogens (primary N) is 1. The molecule has 1 aromatic carbocycles. The van der Waals surface area contributed by atoms with Gasteiger partial charge in [-0.05, 0) is 24.6 Å². The average molecular weight is 298 g/mol. The monoisotopic (exact) mass is 297 g/mol. The van der Waals surface area contributed by atoms with Gasteiger partial charge in [0.05, 0.1) is 6.54 Å². The zero-order chi connectivity index (χ0) is 14.0. The van der Waals surface area contributed by atoms with Crippen LogP contribution < -0.4 is 10.6 Å². The van der Waals surface area contributed by atoms with Crippen molar-refractivity contribution < 1.29 is 4.79 Å². The molecule has 1 fully saturated rings. The molecule has 4 nitrogen and oxygen atoms in total. The van der Waals surface area contributed by atoms with Gasteiger partial charge in [-0.1, -0.05) is 23.8 Å². The highest BCUT2D eigenvalue weighted by atomic mass is 35.5. The minimum atomic E-state index is 0.0985. The van der Waals surface area contributed by atoms with Gasteiger partial charge in [0.25, 0.3) is 0 Å². The predicted octanol–water partition coefficient (Wildman–Crippen LogP) is 1.64. The fraction of sp³-hybridized carbons (Fsp3) is 0.385. The average Bonchev–Trinajstić information content (AvgIpc) is 2.52. The topological polar surface area (TPSA) is 49.6 Å². The molecule has 0 saturated carbocycles. The van der Waals surface area contributed by atoms with Gasteiger partial charge in [0.15, 0.2) is 0 Å². The number of benzene rings is 1. The van der Waals surface area contributed by atoms with Crippen LogP contribution in [0, 0.1) is 0 Å². The van der Waals surface area contributed by atoms with Crippen molar-refractivity contribution in [2.45, 2.75) is 6.42 Å². The number of anilines is 1. The van der Waals surface area contributed by atoms with E-state index in [4.69, 9.17) is 29.6 Å². The van der Waals surface area contributed by atoms with Crippen molar-refractivity contribution >= 4 is 40.4 Å². The summed E-state index contributed by atoms with van der Waals surface area (Å²) in [6.45, 7) is 1.91. The van der Waals surface area contributed by atoms with E-state index in [1.807, 2.05) is 18.0 Å². The van der Waals surface area contributed by atoms with Crippen molar-refractivity contribution in [3.05, 3.63) is 28.8 Å². The maximum atomic E-state index is 11.9. The second-order valence-corrected chi connectivity index (χ2v) is 5.49. The third kappa shape index (κ3) is 3.16. The Morgan fingerprint density at radius 3 is 2.84 bits per heavy atom. The number of carbonyl (C=O) groups excluding carboxylic acids is 1. The highest BCUT2D eigenvalue weighted by molar-refractivity contribution is 7.80. The summed E-state index contributed by atoms with van der Waals surface area (Å²) in [5, 5.41) is 0.588. The molecule has 0 bridgehead atoms. The Balaban J connectivity index is 2.35. The van der Waals surface area contributed by atoms with E-state index in [0.29, 0.717) is 16.6 Å². The summed E-state index contributed by atoms with van der Waals surface area (Å²) in [6, 6.07) is 5.41. The molecule has 1 amide bonds. The van der Waals surface area contributed by atoms with Crippen molar-refractivity contribution in [2.24, 2.45) is 5.73 Å². The van der Waals surface area contributed by atoms with Gasteiger partial charge in [0.2, 0.25) is 5.91 Å². The minimum Gasteiger partial charge on any atom is -0.389 e. The maximum absolute atomic E-state index is 11.9.